The summed E-state index contributed by atoms with van der Waals surface area (Å²) in [6.45, 7) is 0. The molecule has 0 unspecified atom stereocenters. The highest BCUT2D eigenvalue weighted by Crippen LogP contribution is 2.17. The third-order valence-corrected chi connectivity index (χ3v) is 3.02. The maximum absolute atomic E-state index is 13.0. The number of aromatic amines is 1. The van der Waals surface area contributed by atoms with Gasteiger partial charge in [0.15, 0.2) is 5.82 Å². The van der Waals surface area contributed by atoms with Crippen molar-refractivity contribution in [2.75, 3.05) is 0 Å². The highest BCUT2D eigenvalue weighted by atomic mass is 32.1. The van der Waals surface area contributed by atoms with Crippen molar-refractivity contribution in [1.29, 1.82) is 0 Å². The van der Waals surface area contributed by atoms with Gasteiger partial charge in [-0.05, 0) is 42.5 Å². The average Bonchev–Trinajstić information content (AvgIpc) is 2.88. The molecule has 0 fully saturated rings. The van der Waals surface area contributed by atoms with E-state index in [1.54, 1.807) is 30.7 Å². The molecule has 0 spiro atoms. The number of hydrogen-bond donors (Lipinski definition) is 1. The van der Waals surface area contributed by atoms with E-state index in [0.29, 0.717) is 16.2 Å². The van der Waals surface area contributed by atoms with Crippen LogP contribution in [-0.4, -0.2) is 26.1 Å². The van der Waals surface area contributed by atoms with E-state index in [0.717, 1.165) is 5.56 Å². The first kappa shape index (κ1) is 13.3. The standard InChI is InChI=1S/C14H10FN5S/c15-12-5-3-11(4-6-12)13-18-19-14(21)20(13)17-9-10-2-1-7-16-8-10/h1-9H,(H,19,21)/b17-9+. The number of nitrogens with one attached hydrogen (secondary N) is 1. The molecular weight excluding hydrogens is 289 g/mol. The van der Waals surface area contributed by atoms with Crippen molar-refractivity contribution >= 4 is 18.4 Å². The molecule has 0 aliphatic heterocycles. The Balaban J connectivity index is 2.00. The van der Waals surface area contributed by atoms with Crippen molar-refractivity contribution in [3.05, 3.63) is 64.9 Å². The van der Waals surface area contributed by atoms with Crippen LogP contribution in [0.25, 0.3) is 11.4 Å². The summed E-state index contributed by atoms with van der Waals surface area (Å²) in [6.07, 6.45) is 5.00. The zero-order valence-corrected chi connectivity index (χ0v) is 11.6. The molecule has 0 aliphatic rings. The van der Waals surface area contributed by atoms with Gasteiger partial charge in [0, 0.05) is 23.5 Å². The van der Waals surface area contributed by atoms with Crippen LogP contribution < -0.4 is 0 Å². The fourth-order valence-corrected chi connectivity index (χ4v) is 1.94. The Kier molecular flexibility index (Phi) is 3.65. The van der Waals surface area contributed by atoms with Gasteiger partial charge in [0.25, 0.3) is 0 Å². The summed E-state index contributed by atoms with van der Waals surface area (Å²) in [7, 11) is 0. The number of rotatable bonds is 3. The largest absolute Gasteiger partial charge is 0.264 e. The minimum Gasteiger partial charge on any atom is -0.264 e. The fourth-order valence-electron chi connectivity index (χ4n) is 1.76. The molecule has 0 atom stereocenters. The van der Waals surface area contributed by atoms with Gasteiger partial charge in [-0.2, -0.15) is 14.9 Å². The summed E-state index contributed by atoms with van der Waals surface area (Å²) in [5.74, 6) is 0.207. The molecule has 2 aromatic heterocycles. The second-order valence-electron chi connectivity index (χ2n) is 4.20. The molecule has 0 radical (unpaired) electrons. The minimum atomic E-state index is -0.307. The van der Waals surface area contributed by atoms with Crippen molar-refractivity contribution in [2.45, 2.75) is 0 Å². The summed E-state index contributed by atoms with van der Waals surface area (Å²) in [4.78, 5) is 4.01. The Morgan fingerprint density at radius 2 is 2.05 bits per heavy atom. The molecule has 0 saturated carbocycles. The van der Waals surface area contributed by atoms with E-state index in [4.69, 9.17) is 12.2 Å². The van der Waals surface area contributed by atoms with Gasteiger partial charge in [0.2, 0.25) is 4.77 Å². The van der Waals surface area contributed by atoms with Gasteiger partial charge in [-0.15, -0.1) is 0 Å². The van der Waals surface area contributed by atoms with E-state index >= 15 is 0 Å². The highest BCUT2D eigenvalue weighted by molar-refractivity contribution is 7.71. The van der Waals surface area contributed by atoms with Gasteiger partial charge >= 0.3 is 0 Å². The summed E-state index contributed by atoms with van der Waals surface area (Å²) in [5.41, 5.74) is 1.55. The third-order valence-electron chi connectivity index (χ3n) is 2.76. The maximum atomic E-state index is 13.0. The van der Waals surface area contributed by atoms with Crippen LogP contribution in [0.5, 0.6) is 0 Å². The number of halogens is 1. The van der Waals surface area contributed by atoms with Crippen molar-refractivity contribution < 1.29 is 4.39 Å². The Hall–Kier alpha value is -2.67. The lowest BCUT2D eigenvalue weighted by Gasteiger charge is -2.00. The number of benzene rings is 1. The second-order valence-corrected chi connectivity index (χ2v) is 4.59. The lowest BCUT2D eigenvalue weighted by atomic mass is 10.2. The molecule has 2 heterocycles. The Morgan fingerprint density at radius 1 is 1.24 bits per heavy atom. The molecule has 0 aliphatic carbocycles. The molecule has 0 saturated heterocycles. The number of nitrogens with zero attached hydrogens (tertiary/aromatic N) is 4. The van der Waals surface area contributed by atoms with Gasteiger partial charge in [0.1, 0.15) is 5.82 Å². The van der Waals surface area contributed by atoms with E-state index < -0.39 is 0 Å². The predicted molar refractivity (Wildman–Crippen MR) is 80.0 cm³/mol. The zero-order chi connectivity index (χ0) is 14.7. The molecule has 21 heavy (non-hydrogen) atoms. The molecule has 1 aromatic carbocycles. The molecule has 0 bridgehead atoms. The first-order valence-corrected chi connectivity index (χ1v) is 6.52. The van der Waals surface area contributed by atoms with Crippen LogP contribution in [0.3, 0.4) is 0 Å². The molecule has 3 aromatic rings. The molecular formula is C14H10FN5S. The SMILES string of the molecule is Fc1ccc(-c2n[nH]c(=S)n2/N=C/c2cccnc2)cc1. The van der Waals surface area contributed by atoms with Gasteiger partial charge in [-0.3, -0.25) is 4.98 Å². The van der Waals surface area contributed by atoms with E-state index in [2.05, 4.69) is 20.3 Å². The van der Waals surface area contributed by atoms with Gasteiger partial charge in [0.05, 0.1) is 6.21 Å². The molecule has 3 rings (SSSR count). The zero-order valence-electron chi connectivity index (χ0n) is 10.8. The predicted octanol–water partition coefficient (Wildman–Crippen LogP) is 3.02. The van der Waals surface area contributed by atoms with Crippen molar-refractivity contribution in [3.63, 3.8) is 0 Å². The van der Waals surface area contributed by atoms with Crippen LogP contribution in [0.4, 0.5) is 4.39 Å². The monoisotopic (exact) mass is 299 g/mol. The van der Waals surface area contributed by atoms with Crippen LogP contribution in [0.1, 0.15) is 5.56 Å². The fraction of sp³-hybridized carbons (Fsp3) is 0. The summed E-state index contributed by atoms with van der Waals surface area (Å²) < 4.78 is 14.8. The van der Waals surface area contributed by atoms with Gasteiger partial charge in [-0.25, -0.2) is 9.49 Å². The number of H-pyrrole nitrogens is 1. The summed E-state index contributed by atoms with van der Waals surface area (Å²) in [6, 6.07) is 9.66. The summed E-state index contributed by atoms with van der Waals surface area (Å²) in [5, 5.41) is 11.1. The number of hydrogen-bond acceptors (Lipinski definition) is 4. The first-order chi connectivity index (χ1) is 10.2. The average molecular weight is 299 g/mol. The first-order valence-electron chi connectivity index (χ1n) is 6.12. The van der Waals surface area contributed by atoms with Crippen molar-refractivity contribution in [2.24, 2.45) is 5.10 Å². The van der Waals surface area contributed by atoms with E-state index in [9.17, 15) is 4.39 Å². The number of pyridine rings is 1. The summed E-state index contributed by atoms with van der Waals surface area (Å²) >= 11 is 5.16. The van der Waals surface area contributed by atoms with E-state index in [1.807, 2.05) is 12.1 Å². The lowest BCUT2D eigenvalue weighted by molar-refractivity contribution is 0.628. The molecule has 7 heteroatoms. The molecule has 1 N–H and O–H groups in total. The second kappa shape index (κ2) is 5.76. The Bertz CT molecular complexity index is 821. The van der Waals surface area contributed by atoms with Crippen LogP contribution in [-0.2, 0) is 0 Å². The normalized spacial score (nSPS) is 11.1. The smallest absolute Gasteiger partial charge is 0.216 e. The minimum absolute atomic E-state index is 0.307. The van der Waals surface area contributed by atoms with Gasteiger partial charge < -0.3 is 0 Å². The van der Waals surface area contributed by atoms with Crippen LogP contribution >= 0.6 is 12.2 Å². The van der Waals surface area contributed by atoms with E-state index in [-0.39, 0.29) is 5.82 Å². The highest BCUT2D eigenvalue weighted by Gasteiger charge is 2.07. The topological polar surface area (TPSA) is 58.9 Å². The van der Waals surface area contributed by atoms with Crippen molar-refractivity contribution in [3.8, 4) is 11.4 Å². The van der Waals surface area contributed by atoms with Gasteiger partial charge in [-0.1, -0.05) is 6.07 Å². The Morgan fingerprint density at radius 3 is 2.76 bits per heavy atom. The van der Waals surface area contributed by atoms with Crippen molar-refractivity contribution in [1.82, 2.24) is 19.9 Å². The van der Waals surface area contributed by atoms with Crippen LogP contribution in [0.2, 0.25) is 0 Å². The third kappa shape index (κ3) is 2.92. The Labute approximate surface area is 124 Å². The number of aromatic nitrogens is 4. The van der Waals surface area contributed by atoms with Crippen LogP contribution in [0.15, 0.2) is 53.9 Å². The maximum Gasteiger partial charge on any atom is 0.216 e. The molecule has 104 valence electrons. The molecule has 5 nitrogen and oxygen atoms in total. The molecule has 0 amide bonds. The lowest BCUT2D eigenvalue weighted by Crippen LogP contribution is -1.95. The van der Waals surface area contributed by atoms with E-state index in [1.165, 1.54) is 16.8 Å². The quantitative estimate of drug-likeness (QED) is 0.597. The van der Waals surface area contributed by atoms with Crippen LogP contribution in [0, 0.1) is 10.6 Å².